The lowest BCUT2D eigenvalue weighted by Crippen LogP contribution is -2.25. The van der Waals surface area contributed by atoms with Gasteiger partial charge in [-0.1, -0.05) is 30.3 Å². The van der Waals surface area contributed by atoms with Gasteiger partial charge in [0.05, 0.1) is 5.25 Å². The Morgan fingerprint density at radius 1 is 1.15 bits per heavy atom. The van der Waals surface area contributed by atoms with Crippen molar-refractivity contribution >= 4 is 23.4 Å². The molecule has 102 valence electrons. The summed E-state index contributed by atoms with van der Waals surface area (Å²) >= 11 is 1.66. The third-order valence-corrected chi connectivity index (χ3v) is 5.12. The number of carbonyl (C=O) groups is 1. The highest BCUT2D eigenvalue weighted by molar-refractivity contribution is 8.01. The zero-order valence-electron chi connectivity index (χ0n) is 11.6. The van der Waals surface area contributed by atoms with Crippen LogP contribution in [0.2, 0.25) is 0 Å². The van der Waals surface area contributed by atoms with Crippen LogP contribution in [-0.4, -0.2) is 11.2 Å². The van der Waals surface area contributed by atoms with E-state index in [0.717, 1.165) is 17.7 Å². The lowest BCUT2D eigenvalue weighted by atomic mass is 10.1. The topological polar surface area (TPSA) is 29.1 Å². The first-order valence-corrected chi connectivity index (χ1v) is 7.65. The summed E-state index contributed by atoms with van der Waals surface area (Å²) in [7, 11) is 0. The fourth-order valence-corrected chi connectivity index (χ4v) is 3.62. The minimum Gasteiger partial charge on any atom is -0.325 e. The number of amides is 1. The van der Waals surface area contributed by atoms with E-state index in [1.807, 2.05) is 31.2 Å². The molecule has 0 saturated carbocycles. The van der Waals surface area contributed by atoms with Crippen molar-refractivity contribution in [3.05, 3.63) is 59.2 Å². The van der Waals surface area contributed by atoms with E-state index < -0.39 is 0 Å². The Hall–Kier alpha value is -1.74. The molecule has 2 aromatic carbocycles. The number of carbonyl (C=O) groups excluding carboxylic acids is 1. The number of benzene rings is 2. The minimum atomic E-state index is -0.0210. The number of aryl methyl sites for hydroxylation is 1. The number of thioether (sulfide) groups is 1. The third kappa shape index (κ3) is 2.46. The van der Waals surface area contributed by atoms with Crippen LogP contribution in [0.4, 0.5) is 5.69 Å². The van der Waals surface area contributed by atoms with Crippen molar-refractivity contribution in [3.63, 3.8) is 0 Å². The maximum atomic E-state index is 12.4. The molecule has 0 fully saturated rings. The molecule has 0 aliphatic carbocycles. The maximum Gasteiger partial charge on any atom is 0.238 e. The second-order valence-corrected chi connectivity index (χ2v) is 6.40. The number of hydrogen-bond acceptors (Lipinski definition) is 2. The van der Waals surface area contributed by atoms with Gasteiger partial charge in [-0.3, -0.25) is 4.79 Å². The highest BCUT2D eigenvalue weighted by Crippen LogP contribution is 2.37. The molecule has 0 spiro atoms. The zero-order chi connectivity index (χ0) is 14.1. The van der Waals surface area contributed by atoms with Gasteiger partial charge in [-0.05, 0) is 49.1 Å². The fraction of sp³-hybridized carbons (Fsp3) is 0.235. The number of anilines is 1. The van der Waals surface area contributed by atoms with Gasteiger partial charge in [0.1, 0.15) is 0 Å². The third-order valence-electron chi connectivity index (χ3n) is 3.80. The first-order chi connectivity index (χ1) is 9.65. The molecule has 0 aromatic heterocycles. The first kappa shape index (κ1) is 13.3. The van der Waals surface area contributed by atoms with E-state index >= 15 is 0 Å². The molecule has 0 saturated heterocycles. The Bertz CT molecular complexity index is 641. The second kappa shape index (κ2) is 5.33. The van der Waals surface area contributed by atoms with E-state index in [0.29, 0.717) is 0 Å². The summed E-state index contributed by atoms with van der Waals surface area (Å²) in [5, 5.41) is 3.05. The molecule has 2 aromatic rings. The van der Waals surface area contributed by atoms with E-state index in [2.05, 4.69) is 30.4 Å². The molecule has 1 amide bonds. The van der Waals surface area contributed by atoms with E-state index in [1.165, 1.54) is 16.0 Å². The zero-order valence-corrected chi connectivity index (χ0v) is 12.5. The number of fused-ring (bicyclic) bond motifs is 1. The normalized spacial score (nSPS) is 16.8. The summed E-state index contributed by atoms with van der Waals surface area (Å²) < 4.78 is 0. The Kier molecular flexibility index (Phi) is 3.53. The molecule has 2 nitrogen and oxygen atoms in total. The van der Waals surface area contributed by atoms with Crippen molar-refractivity contribution in [2.45, 2.75) is 30.4 Å². The average Bonchev–Trinajstić information content (AvgIpc) is 2.88. The maximum absolute atomic E-state index is 12.4. The molecule has 1 N–H and O–H groups in total. The molecule has 3 heteroatoms. The highest BCUT2D eigenvalue weighted by atomic mass is 32.2. The van der Waals surface area contributed by atoms with Crippen LogP contribution in [0.1, 0.15) is 16.7 Å². The van der Waals surface area contributed by atoms with Crippen molar-refractivity contribution in [1.82, 2.24) is 0 Å². The van der Waals surface area contributed by atoms with Gasteiger partial charge in [-0.25, -0.2) is 0 Å². The van der Waals surface area contributed by atoms with Gasteiger partial charge < -0.3 is 5.32 Å². The Balaban J connectivity index is 1.74. The van der Waals surface area contributed by atoms with Crippen LogP contribution >= 0.6 is 11.8 Å². The molecule has 0 bridgehead atoms. The number of rotatable bonds is 2. The van der Waals surface area contributed by atoms with Crippen molar-refractivity contribution < 1.29 is 4.79 Å². The molecule has 1 aliphatic rings. The quantitative estimate of drug-likeness (QED) is 0.904. The molecule has 1 atom stereocenters. The van der Waals surface area contributed by atoms with E-state index in [4.69, 9.17) is 0 Å². The molecular weight excluding hydrogens is 266 g/mol. The molecule has 3 rings (SSSR count). The van der Waals surface area contributed by atoms with Crippen LogP contribution in [0.25, 0.3) is 0 Å². The van der Waals surface area contributed by atoms with Crippen molar-refractivity contribution in [2.24, 2.45) is 0 Å². The van der Waals surface area contributed by atoms with E-state index in [-0.39, 0.29) is 11.2 Å². The Labute approximate surface area is 123 Å². The standard InChI is InChI=1S/C17H17NOS/c1-11-6-5-8-14(12(11)2)18-17(19)16-10-13-7-3-4-9-15(13)20-16/h3-9,16H,10H2,1-2H3,(H,18,19)/t16-/m1/s1. The summed E-state index contributed by atoms with van der Waals surface area (Å²) in [4.78, 5) is 13.6. The summed E-state index contributed by atoms with van der Waals surface area (Å²) in [6, 6.07) is 14.3. The van der Waals surface area contributed by atoms with Crippen LogP contribution in [0.3, 0.4) is 0 Å². The van der Waals surface area contributed by atoms with Gasteiger partial charge in [-0.15, -0.1) is 11.8 Å². The Morgan fingerprint density at radius 2 is 1.95 bits per heavy atom. The monoisotopic (exact) mass is 283 g/mol. The lowest BCUT2D eigenvalue weighted by Gasteiger charge is -2.13. The van der Waals surface area contributed by atoms with Crippen LogP contribution in [0.5, 0.6) is 0 Å². The molecule has 0 radical (unpaired) electrons. The van der Waals surface area contributed by atoms with Gasteiger partial charge in [0.15, 0.2) is 0 Å². The molecule has 1 heterocycles. The van der Waals surface area contributed by atoms with Gasteiger partial charge in [0.2, 0.25) is 5.91 Å². The molecule has 0 unspecified atom stereocenters. The SMILES string of the molecule is Cc1cccc(NC(=O)[C@H]2Cc3ccccc3S2)c1C. The lowest BCUT2D eigenvalue weighted by molar-refractivity contribution is -0.115. The highest BCUT2D eigenvalue weighted by Gasteiger charge is 2.28. The predicted molar refractivity (Wildman–Crippen MR) is 84.3 cm³/mol. The smallest absolute Gasteiger partial charge is 0.238 e. The van der Waals surface area contributed by atoms with E-state index in [1.54, 1.807) is 11.8 Å². The minimum absolute atomic E-state index is 0.0210. The summed E-state index contributed by atoms with van der Waals surface area (Å²) in [6.07, 6.45) is 0.817. The predicted octanol–water partition coefficient (Wildman–Crippen LogP) is 3.96. The van der Waals surface area contributed by atoms with Crippen LogP contribution in [0.15, 0.2) is 47.4 Å². The van der Waals surface area contributed by atoms with Crippen molar-refractivity contribution in [3.8, 4) is 0 Å². The van der Waals surface area contributed by atoms with Crippen molar-refractivity contribution in [1.29, 1.82) is 0 Å². The van der Waals surface area contributed by atoms with Gasteiger partial charge in [0, 0.05) is 10.6 Å². The van der Waals surface area contributed by atoms with Gasteiger partial charge in [-0.2, -0.15) is 0 Å². The van der Waals surface area contributed by atoms with Crippen LogP contribution in [0, 0.1) is 13.8 Å². The van der Waals surface area contributed by atoms with Crippen molar-refractivity contribution in [2.75, 3.05) is 5.32 Å². The molecular formula is C17H17NOS. The summed E-state index contributed by atoms with van der Waals surface area (Å²) in [6.45, 7) is 4.10. The van der Waals surface area contributed by atoms with E-state index in [9.17, 15) is 4.79 Å². The molecule has 20 heavy (non-hydrogen) atoms. The number of nitrogens with one attached hydrogen (secondary N) is 1. The number of hydrogen-bond donors (Lipinski definition) is 1. The first-order valence-electron chi connectivity index (χ1n) is 6.77. The summed E-state index contributed by atoms with van der Waals surface area (Å²) in [5.41, 5.74) is 4.54. The van der Waals surface area contributed by atoms with Crippen LogP contribution in [-0.2, 0) is 11.2 Å². The van der Waals surface area contributed by atoms with Gasteiger partial charge in [0.25, 0.3) is 0 Å². The molecule has 1 aliphatic heterocycles. The van der Waals surface area contributed by atoms with Crippen LogP contribution < -0.4 is 5.32 Å². The summed E-state index contributed by atoms with van der Waals surface area (Å²) in [5.74, 6) is 0.0971. The fourth-order valence-electron chi connectivity index (χ4n) is 2.43. The Morgan fingerprint density at radius 3 is 2.75 bits per heavy atom. The largest absolute Gasteiger partial charge is 0.325 e. The van der Waals surface area contributed by atoms with Gasteiger partial charge >= 0.3 is 0 Å². The average molecular weight is 283 g/mol. The second-order valence-electron chi connectivity index (χ2n) is 5.16.